The van der Waals surface area contributed by atoms with Crippen molar-refractivity contribution in [3.8, 4) is 0 Å². The first-order valence-electron chi connectivity index (χ1n) is 11.1. The lowest BCUT2D eigenvalue weighted by Gasteiger charge is -2.22. The summed E-state index contributed by atoms with van der Waals surface area (Å²) in [4.78, 5) is 39.0. The summed E-state index contributed by atoms with van der Waals surface area (Å²) in [6.07, 6.45) is 5.27. The van der Waals surface area contributed by atoms with E-state index in [9.17, 15) is 18.8 Å². The number of aromatic nitrogens is 4. The van der Waals surface area contributed by atoms with Gasteiger partial charge in [-0.2, -0.15) is 0 Å². The number of carbonyl (C=O) groups is 1. The number of rotatable bonds is 4. The van der Waals surface area contributed by atoms with Crippen molar-refractivity contribution in [1.29, 1.82) is 0 Å². The number of nitrogens with zero attached hydrogens (tertiary/aromatic N) is 4. The molecule has 1 N–H and O–H groups in total. The first-order chi connectivity index (χ1) is 15.9. The van der Waals surface area contributed by atoms with Gasteiger partial charge in [-0.25, -0.2) is 18.3 Å². The van der Waals surface area contributed by atoms with E-state index in [1.54, 1.807) is 36.4 Å². The zero-order chi connectivity index (χ0) is 23.1. The molecule has 2 heterocycles. The molecular weight excluding hydrogens is 425 g/mol. The van der Waals surface area contributed by atoms with E-state index < -0.39 is 11.5 Å². The number of carbonyl (C=O) groups excluding carboxylic acids is 1. The maximum atomic E-state index is 14.1. The molecule has 1 amide bonds. The van der Waals surface area contributed by atoms with Crippen molar-refractivity contribution in [2.45, 2.75) is 44.7 Å². The molecule has 0 spiro atoms. The molecule has 8 nitrogen and oxygen atoms in total. The minimum absolute atomic E-state index is 0.0786. The molecule has 9 heteroatoms. The maximum Gasteiger partial charge on any atom is 0.352 e. The summed E-state index contributed by atoms with van der Waals surface area (Å²) in [5.74, 6) is -0.551. The second-order valence-corrected chi connectivity index (χ2v) is 8.57. The van der Waals surface area contributed by atoms with Gasteiger partial charge in [0.15, 0.2) is 0 Å². The fourth-order valence-electron chi connectivity index (χ4n) is 4.54. The standard InChI is InChI=1S/C24H24FN5O3/c1-28-22(32)18-12-11-15(21(31)26-17-8-3-2-4-9-17)13-20(18)30-23(28)27-29(24(30)33)14-16-7-5-6-10-19(16)25/h5-7,10-13,17H,2-4,8-9,14H2,1H3,(H,26,31). The van der Waals surface area contributed by atoms with Gasteiger partial charge in [0.25, 0.3) is 11.5 Å². The van der Waals surface area contributed by atoms with Gasteiger partial charge in [0, 0.05) is 24.2 Å². The summed E-state index contributed by atoms with van der Waals surface area (Å²) in [5, 5.41) is 7.65. The van der Waals surface area contributed by atoms with Crippen LogP contribution in [0.25, 0.3) is 16.7 Å². The van der Waals surface area contributed by atoms with Crippen LogP contribution in [0.4, 0.5) is 4.39 Å². The number of hydrogen-bond acceptors (Lipinski definition) is 4. The van der Waals surface area contributed by atoms with Crippen LogP contribution in [0.2, 0.25) is 0 Å². The lowest BCUT2D eigenvalue weighted by Crippen LogP contribution is -2.36. The zero-order valence-corrected chi connectivity index (χ0v) is 18.3. The van der Waals surface area contributed by atoms with E-state index in [2.05, 4.69) is 10.4 Å². The average molecular weight is 449 g/mol. The van der Waals surface area contributed by atoms with Crippen LogP contribution in [0, 0.1) is 5.82 Å². The predicted molar refractivity (Wildman–Crippen MR) is 122 cm³/mol. The highest BCUT2D eigenvalue weighted by atomic mass is 19.1. The molecule has 0 aliphatic heterocycles. The molecule has 2 aromatic carbocycles. The van der Waals surface area contributed by atoms with Crippen LogP contribution in [-0.4, -0.2) is 30.7 Å². The Kier molecular flexibility index (Phi) is 5.32. The predicted octanol–water partition coefficient (Wildman–Crippen LogP) is 2.60. The van der Waals surface area contributed by atoms with E-state index in [0.29, 0.717) is 22.0 Å². The summed E-state index contributed by atoms with van der Waals surface area (Å²) < 4.78 is 17.9. The van der Waals surface area contributed by atoms with Crippen molar-refractivity contribution >= 4 is 22.6 Å². The Balaban J connectivity index is 1.62. The normalized spacial score (nSPS) is 14.7. The molecule has 0 unspecified atom stereocenters. The lowest BCUT2D eigenvalue weighted by atomic mass is 9.95. The van der Waals surface area contributed by atoms with Crippen molar-refractivity contribution in [2.24, 2.45) is 7.05 Å². The number of benzene rings is 2. The van der Waals surface area contributed by atoms with Crippen LogP contribution in [0.5, 0.6) is 0 Å². The topological polar surface area (TPSA) is 90.4 Å². The highest BCUT2D eigenvalue weighted by Crippen LogP contribution is 2.19. The largest absolute Gasteiger partial charge is 0.352 e. The van der Waals surface area contributed by atoms with Gasteiger partial charge >= 0.3 is 5.69 Å². The smallest absolute Gasteiger partial charge is 0.349 e. The molecule has 0 atom stereocenters. The number of nitrogens with one attached hydrogen (secondary N) is 1. The highest BCUT2D eigenvalue weighted by molar-refractivity contribution is 5.98. The van der Waals surface area contributed by atoms with Crippen LogP contribution >= 0.6 is 0 Å². The van der Waals surface area contributed by atoms with Crippen molar-refractivity contribution < 1.29 is 9.18 Å². The molecule has 4 aromatic rings. The third-order valence-corrected chi connectivity index (χ3v) is 6.38. The van der Waals surface area contributed by atoms with E-state index in [1.165, 1.54) is 28.5 Å². The van der Waals surface area contributed by atoms with E-state index in [0.717, 1.165) is 30.4 Å². The molecule has 0 radical (unpaired) electrons. The Hall–Kier alpha value is -3.75. The molecule has 170 valence electrons. The van der Waals surface area contributed by atoms with Gasteiger partial charge in [-0.15, -0.1) is 5.10 Å². The third-order valence-electron chi connectivity index (χ3n) is 6.38. The third kappa shape index (κ3) is 3.73. The molecular formula is C24H24FN5O3. The molecule has 5 rings (SSSR count). The molecule has 1 aliphatic carbocycles. The molecule has 1 fully saturated rings. The van der Waals surface area contributed by atoms with Crippen LogP contribution < -0.4 is 16.6 Å². The Labute approximate surface area is 188 Å². The SMILES string of the molecule is Cn1c(=O)c2ccc(C(=O)NC3CCCCC3)cc2n2c(=O)n(Cc3ccccc3F)nc12. The molecule has 1 aliphatic rings. The van der Waals surface area contributed by atoms with Gasteiger partial charge in [0.2, 0.25) is 5.78 Å². The van der Waals surface area contributed by atoms with Crippen LogP contribution in [0.1, 0.15) is 48.0 Å². The fourth-order valence-corrected chi connectivity index (χ4v) is 4.54. The molecule has 0 saturated heterocycles. The number of fused-ring (bicyclic) bond motifs is 3. The minimum atomic E-state index is -0.515. The van der Waals surface area contributed by atoms with Crippen molar-refractivity contribution in [1.82, 2.24) is 24.1 Å². The van der Waals surface area contributed by atoms with Crippen molar-refractivity contribution in [2.75, 3.05) is 0 Å². The van der Waals surface area contributed by atoms with Gasteiger partial charge in [-0.3, -0.25) is 14.2 Å². The van der Waals surface area contributed by atoms with Crippen LogP contribution in [0.15, 0.2) is 52.1 Å². The van der Waals surface area contributed by atoms with Crippen LogP contribution in [0.3, 0.4) is 0 Å². The van der Waals surface area contributed by atoms with E-state index in [-0.39, 0.29) is 29.8 Å². The first-order valence-corrected chi connectivity index (χ1v) is 11.1. The highest BCUT2D eigenvalue weighted by Gasteiger charge is 2.20. The lowest BCUT2D eigenvalue weighted by molar-refractivity contribution is 0.0928. The Bertz CT molecular complexity index is 1490. The Morgan fingerprint density at radius 2 is 1.88 bits per heavy atom. The second-order valence-electron chi connectivity index (χ2n) is 8.57. The van der Waals surface area contributed by atoms with Gasteiger partial charge in [-0.05, 0) is 37.1 Å². The second kappa shape index (κ2) is 8.31. The summed E-state index contributed by atoms with van der Waals surface area (Å²) in [6, 6.07) is 11.0. The van der Waals surface area contributed by atoms with Crippen LogP contribution in [-0.2, 0) is 13.6 Å². The van der Waals surface area contributed by atoms with Crippen molar-refractivity contribution in [3.63, 3.8) is 0 Å². The maximum absolute atomic E-state index is 14.1. The summed E-state index contributed by atoms with van der Waals surface area (Å²) in [6.45, 7) is -0.0786. The fraction of sp³-hybridized carbons (Fsp3) is 0.333. The van der Waals surface area contributed by atoms with Crippen molar-refractivity contribution in [3.05, 3.63) is 80.2 Å². The zero-order valence-electron chi connectivity index (χ0n) is 18.3. The van der Waals surface area contributed by atoms with E-state index >= 15 is 0 Å². The molecule has 0 bridgehead atoms. The van der Waals surface area contributed by atoms with Gasteiger partial charge in [0.1, 0.15) is 5.82 Å². The quantitative estimate of drug-likeness (QED) is 0.519. The number of halogens is 1. The number of hydrogen-bond donors (Lipinski definition) is 1. The Morgan fingerprint density at radius 3 is 2.64 bits per heavy atom. The summed E-state index contributed by atoms with van der Waals surface area (Å²) in [5.41, 5.74) is 0.133. The molecule has 33 heavy (non-hydrogen) atoms. The van der Waals surface area contributed by atoms with E-state index in [4.69, 9.17) is 0 Å². The summed E-state index contributed by atoms with van der Waals surface area (Å²) >= 11 is 0. The first kappa shape index (κ1) is 21.1. The van der Waals surface area contributed by atoms with Gasteiger partial charge in [0.05, 0.1) is 17.4 Å². The average Bonchev–Trinajstić information content (AvgIpc) is 3.15. The van der Waals surface area contributed by atoms with E-state index in [1.807, 2.05) is 0 Å². The molecule has 1 saturated carbocycles. The number of aryl methyl sites for hydroxylation is 1. The van der Waals surface area contributed by atoms with Gasteiger partial charge < -0.3 is 5.32 Å². The Morgan fingerprint density at radius 1 is 1.12 bits per heavy atom. The van der Waals surface area contributed by atoms with Gasteiger partial charge in [-0.1, -0.05) is 37.5 Å². The minimum Gasteiger partial charge on any atom is -0.349 e. The molecule has 2 aromatic heterocycles. The number of amides is 1. The summed E-state index contributed by atoms with van der Waals surface area (Å²) in [7, 11) is 1.53. The monoisotopic (exact) mass is 449 g/mol.